The predicted octanol–water partition coefficient (Wildman–Crippen LogP) is 2.53. The molecule has 2 N–H and O–H groups in total. The zero-order valence-electron chi connectivity index (χ0n) is 10.2. The molecule has 0 amide bonds. The Kier molecular flexibility index (Phi) is 4.26. The first kappa shape index (κ1) is 12.7. The minimum atomic E-state index is 0.369. The molecule has 1 heterocycles. The Morgan fingerprint density at radius 1 is 1.53 bits per heavy atom. The van der Waals surface area contributed by atoms with Crippen LogP contribution in [0.5, 0.6) is 0 Å². The van der Waals surface area contributed by atoms with Crippen LogP contribution in [0.4, 0.5) is 5.69 Å². The van der Waals surface area contributed by atoms with Gasteiger partial charge in [-0.1, -0.05) is 24.6 Å². The second-order valence-corrected chi connectivity index (χ2v) is 4.90. The van der Waals surface area contributed by atoms with E-state index >= 15 is 0 Å². The van der Waals surface area contributed by atoms with Crippen LogP contribution in [0.1, 0.15) is 18.9 Å². The number of ether oxygens (including phenoxy) is 1. The van der Waals surface area contributed by atoms with Gasteiger partial charge in [0, 0.05) is 19.6 Å². The fourth-order valence-corrected chi connectivity index (χ4v) is 2.30. The van der Waals surface area contributed by atoms with Gasteiger partial charge in [0.1, 0.15) is 0 Å². The highest BCUT2D eigenvalue weighted by atomic mass is 35.5. The summed E-state index contributed by atoms with van der Waals surface area (Å²) in [5, 5.41) is 0.641. The zero-order chi connectivity index (χ0) is 12.3. The van der Waals surface area contributed by atoms with Gasteiger partial charge in [-0.3, -0.25) is 4.90 Å². The first-order valence-electron chi connectivity index (χ1n) is 6.07. The van der Waals surface area contributed by atoms with Crippen LogP contribution in [0.3, 0.4) is 0 Å². The Balaban J connectivity index is 1.97. The lowest BCUT2D eigenvalue weighted by atomic mass is 10.1. The van der Waals surface area contributed by atoms with Gasteiger partial charge in [-0.05, 0) is 24.1 Å². The number of hydrogen-bond acceptors (Lipinski definition) is 3. The van der Waals surface area contributed by atoms with Crippen LogP contribution < -0.4 is 5.73 Å². The Morgan fingerprint density at radius 3 is 3.06 bits per heavy atom. The van der Waals surface area contributed by atoms with Crippen molar-refractivity contribution in [2.24, 2.45) is 0 Å². The number of hydrogen-bond donors (Lipinski definition) is 1. The molecule has 1 aromatic carbocycles. The van der Waals surface area contributed by atoms with E-state index in [9.17, 15) is 0 Å². The van der Waals surface area contributed by atoms with Crippen molar-refractivity contribution in [3.63, 3.8) is 0 Å². The first-order valence-corrected chi connectivity index (χ1v) is 6.44. The summed E-state index contributed by atoms with van der Waals surface area (Å²) >= 11 is 6.02. The Bertz CT molecular complexity index is 384. The van der Waals surface area contributed by atoms with Gasteiger partial charge in [-0.15, -0.1) is 0 Å². The van der Waals surface area contributed by atoms with Crippen LogP contribution in [-0.2, 0) is 11.3 Å². The van der Waals surface area contributed by atoms with Crippen molar-refractivity contribution in [2.75, 3.05) is 25.4 Å². The minimum absolute atomic E-state index is 0.369. The molecule has 1 aliphatic rings. The van der Waals surface area contributed by atoms with E-state index in [1.807, 2.05) is 18.2 Å². The third kappa shape index (κ3) is 3.35. The van der Waals surface area contributed by atoms with Crippen LogP contribution in [-0.4, -0.2) is 30.7 Å². The molecule has 1 fully saturated rings. The summed E-state index contributed by atoms with van der Waals surface area (Å²) < 4.78 is 5.65. The minimum Gasteiger partial charge on any atom is -0.398 e. The Morgan fingerprint density at radius 2 is 2.35 bits per heavy atom. The molecule has 0 bridgehead atoms. The van der Waals surface area contributed by atoms with Gasteiger partial charge in [-0.25, -0.2) is 0 Å². The Labute approximate surface area is 107 Å². The van der Waals surface area contributed by atoms with Gasteiger partial charge in [0.05, 0.1) is 23.4 Å². The van der Waals surface area contributed by atoms with E-state index in [0.717, 1.165) is 32.7 Å². The van der Waals surface area contributed by atoms with Crippen molar-refractivity contribution >= 4 is 17.3 Å². The van der Waals surface area contributed by atoms with Crippen molar-refractivity contribution in [3.8, 4) is 0 Å². The van der Waals surface area contributed by atoms with Crippen LogP contribution in [0.25, 0.3) is 0 Å². The molecule has 0 aliphatic carbocycles. The zero-order valence-corrected chi connectivity index (χ0v) is 10.9. The maximum Gasteiger partial charge on any atom is 0.0700 e. The van der Waals surface area contributed by atoms with Gasteiger partial charge in [0.15, 0.2) is 0 Å². The number of rotatable bonds is 3. The molecule has 1 unspecified atom stereocenters. The highest BCUT2D eigenvalue weighted by Crippen LogP contribution is 2.21. The SMILES string of the molecule is CCC1CN(Cc2ccc(N)c(Cl)c2)CCO1. The fraction of sp³-hybridized carbons (Fsp3) is 0.538. The summed E-state index contributed by atoms with van der Waals surface area (Å²) in [5.74, 6) is 0. The van der Waals surface area contributed by atoms with Crippen molar-refractivity contribution in [1.82, 2.24) is 4.90 Å². The topological polar surface area (TPSA) is 38.5 Å². The van der Waals surface area contributed by atoms with E-state index in [1.165, 1.54) is 5.56 Å². The average molecular weight is 255 g/mol. The van der Waals surface area contributed by atoms with Gasteiger partial charge in [0.25, 0.3) is 0 Å². The van der Waals surface area contributed by atoms with Crippen molar-refractivity contribution in [3.05, 3.63) is 28.8 Å². The standard InChI is InChI=1S/C13H19ClN2O/c1-2-11-9-16(5-6-17-11)8-10-3-4-13(15)12(14)7-10/h3-4,7,11H,2,5-6,8-9,15H2,1H3. The molecule has 1 aliphatic heterocycles. The molecule has 2 rings (SSSR count). The number of benzene rings is 1. The molecule has 1 saturated heterocycles. The van der Waals surface area contributed by atoms with E-state index in [-0.39, 0.29) is 0 Å². The quantitative estimate of drug-likeness (QED) is 0.843. The third-order valence-corrected chi connectivity index (χ3v) is 3.48. The van der Waals surface area contributed by atoms with Gasteiger partial charge in [0.2, 0.25) is 0 Å². The lowest BCUT2D eigenvalue weighted by Crippen LogP contribution is -2.41. The first-order chi connectivity index (χ1) is 8.19. The molecule has 0 radical (unpaired) electrons. The largest absolute Gasteiger partial charge is 0.398 e. The summed E-state index contributed by atoms with van der Waals surface area (Å²) in [6, 6.07) is 5.86. The lowest BCUT2D eigenvalue weighted by Gasteiger charge is -2.32. The number of anilines is 1. The van der Waals surface area contributed by atoms with Gasteiger partial charge in [-0.2, -0.15) is 0 Å². The summed E-state index contributed by atoms with van der Waals surface area (Å²) in [5.41, 5.74) is 7.55. The molecular weight excluding hydrogens is 236 g/mol. The number of nitrogens with zero attached hydrogens (tertiary/aromatic N) is 1. The number of nitrogen functional groups attached to an aromatic ring is 1. The van der Waals surface area contributed by atoms with Gasteiger partial charge >= 0.3 is 0 Å². The van der Waals surface area contributed by atoms with Crippen molar-refractivity contribution in [2.45, 2.75) is 26.0 Å². The number of halogens is 1. The summed E-state index contributed by atoms with van der Waals surface area (Å²) in [6.45, 7) is 5.88. The maximum atomic E-state index is 6.02. The predicted molar refractivity (Wildman–Crippen MR) is 71.2 cm³/mol. The fourth-order valence-electron chi connectivity index (χ4n) is 2.10. The molecule has 94 valence electrons. The molecule has 0 saturated carbocycles. The highest BCUT2D eigenvalue weighted by Gasteiger charge is 2.18. The van der Waals surface area contributed by atoms with E-state index < -0.39 is 0 Å². The molecule has 17 heavy (non-hydrogen) atoms. The molecule has 0 spiro atoms. The van der Waals surface area contributed by atoms with Crippen LogP contribution in [0, 0.1) is 0 Å². The van der Waals surface area contributed by atoms with Gasteiger partial charge < -0.3 is 10.5 Å². The summed E-state index contributed by atoms with van der Waals surface area (Å²) in [6.07, 6.45) is 1.44. The van der Waals surface area contributed by atoms with Crippen molar-refractivity contribution in [1.29, 1.82) is 0 Å². The summed E-state index contributed by atoms with van der Waals surface area (Å²) in [4.78, 5) is 2.40. The molecular formula is C13H19ClN2O. The monoisotopic (exact) mass is 254 g/mol. The third-order valence-electron chi connectivity index (χ3n) is 3.15. The molecule has 1 aromatic rings. The van der Waals surface area contributed by atoms with E-state index in [4.69, 9.17) is 22.1 Å². The number of morpholine rings is 1. The van der Waals surface area contributed by atoms with Crippen LogP contribution in [0.15, 0.2) is 18.2 Å². The van der Waals surface area contributed by atoms with Crippen LogP contribution in [0.2, 0.25) is 5.02 Å². The van der Waals surface area contributed by atoms with E-state index in [1.54, 1.807) is 0 Å². The maximum absolute atomic E-state index is 6.02. The van der Waals surface area contributed by atoms with E-state index in [2.05, 4.69) is 11.8 Å². The average Bonchev–Trinajstić information content (AvgIpc) is 2.34. The Hall–Kier alpha value is -0.770. The highest BCUT2D eigenvalue weighted by molar-refractivity contribution is 6.33. The normalized spacial score (nSPS) is 21.6. The molecule has 0 aromatic heterocycles. The van der Waals surface area contributed by atoms with E-state index in [0.29, 0.717) is 16.8 Å². The lowest BCUT2D eigenvalue weighted by molar-refractivity contribution is -0.0324. The second-order valence-electron chi connectivity index (χ2n) is 4.49. The van der Waals surface area contributed by atoms with Crippen LogP contribution >= 0.6 is 11.6 Å². The summed E-state index contributed by atoms with van der Waals surface area (Å²) in [7, 11) is 0. The molecule has 3 nitrogen and oxygen atoms in total. The number of nitrogens with two attached hydrogens (primary N) is 1. The molecule has 4 heteroatoms. The smallest absolute Gasteiger partial charge is 0.0700 e. The van der Waals surface area contributed by atoms with Crippen molar-refractivity contribution < 1.29 is 4.74 Å². The molecule has 1 atom stereocenters. The second kappa shape index (κ2) is 5.71.